The number of carbonyl (C=O) groups is 1. The number of unbranched alkanes of at least 4 members (excludes halogenated alkanes) is 1. The summed E-state index contributed by atoms with van der Waals surface area (Å²) in [6, 6.07) is 13.2. The van der Waals surface area contributed by atoms with Crippen LogP contribution < -0.4 is 15.0 Å². The highest BCUT2D eigenvalue weighted by molar-refractivity contribution is 6.04. The van der Waals surface area contributed by atoms with Gasteiger partial charge in [-0.2, -0.15) is 0 Å². The Morgan fingerprint density at radius 3 is 2.42 bits per heavy atom. The first-order valence-corrected chi connectivity index (χ1v) is 8.33. The third-order valence-corrected chi connectivity index (χ3v) is 3.82. The molecule has 0 aliphatic heterocycles. The van der Waals surface area contributed by atoms with E-state index in [2.05, 4.69) is 12.2 Å². The molecule has 0 aliphatic carbocycles. The summed E-state index contributed by atoms with van der Waals surface area (Å²) >= 11 is 0. The summed E-state index contributed by atoms with van der Waals surface area (Å²) < 4.78 is 5.62. The quantitative estimate of drug-likeness (QED) is 0.762. The Balaban J connectivity index is 2.00. The lowest BCUT2D eigenvalue weighted by atomic mass is 10.1. The van der Waals surface area contributed by atoms with E-state index in [4.69, 9.17) is 4.74 Å². The zero-order valence-corrected chi connectivity index (χ0v) is 14.9. The number of ether oxygens (including phenoxy) is 1. The fourth-order valence-corrected chi connectivity index (χ4v) is 2.47. The van der Waals surface area contributed by atoms with Gasteiger partial charge in [0.1, 0.15) is 5.75 Å². The molecule has 0 unspecified atom stereocenters. The van der Waals surface area contributed by atoms with Gasteiger partial charge in [0, 0.05) is 31.0 Å². The van der Waals surface area contributed by atoms with Crippen LogP contribution in [0, 0.1) is 6.92 Å². The van der Waals surface area contributed by atoms with Crippen molar-refractivity contribution in [2.45, 2.75) is 26.7 Å². The fourth-order valence-electron chi connectivity index (χ4n) is 2.47. The molecule has 0 bridgehead atoms. The van der Waals surface area contributed by atoms with Crippen molar-refractivity contribution in [3.05, 3.63) is 53.6 Å². The molecule has 4 heteroatoms. The fraction of sp³-hybridized carbons (Fsp3) is 0.350. The first-order chi connectivity index (χ1) is 11.5. The largest absolute Gasteiger partial charge is 0.494 e. The van der Waals surface area contributed by atoms with Gasteiger partial charge in [-0.05, 0) is 61.4 Å². The minimum absolute atomic E-state index is 0.108. The van der Waals surface area contributed by atoms with Crippen molar-refractivity contribution in [1.29, 1.82) is 0 Å². The number of nitrogens with zero attached hydrogens (tertiary/aromatic N) is 1. The Labute approximate surface area is 144 Å². The van der Waals surface area contributed by atoms with Crippen LogP contribution in [0.25, 0.3) is 0 Å². The number of hydrogen-bond donors (Lipinski definition) is 1. The summed E-state index contributed by atoms with van der Waals surface area (Å²) in [5.41, 5.74) is 3.60. The van der Waals surface area contributed by atoms with E-state index in [9.17, 15) is 4.79 Å². The Morgan fingerprint density at radius 2 is 1.83 bits per heavy atom. The molecular formula is C20H26N2O2. The van der Waals surface area contributed by atoms with Crippen molar-refractivity contribution in [3.8, 4) is 5.75 Å². The Bertz CT molecular complexity index is 679. The molecule has 0 aliphatic rings. The maximum Gasteiger partial charge on any atom is 0.255 e. The minimum atomic E-state index is -0.108. The highest BCUT2D eigenvalue weighted by Crippen LogP contribution is 2.21. The van der Waals surface area contributed by atoms with Crippen LogP contribution in [0.5, 0.6) is 5.75 Å². The minimum Gasteiger partial charge on any atom is -0.494 e. The highest BCUT2D eigenvalue weighted by atomic mass is 16.5. The standard InChI is InChI=1S/C20H26N2O2/c1-5-6-13-24-18-10-8-17(9-11-18)21-20(23)16-7-12-19(22(3)4)15(2)14-16/h7-12,14H,5-6,13H2,1-4H3,(H,21,23). The van der Waals surface area contributed by atoms with Crippen molar-refractivity contribution < 1.29 is 9.53 Å². The number of carbonyl (C=O) groups excluding carboxylic acids is 1. The normalized spacial score (nSPS) is 10.3. The maximum atomic E-state index is 12.4. The van der Waals surface area contributed by atoms with E-state index in [-0.39, 0.29) is 5.91 Å². The second-order valence-corrected chi connectivity index (χ2v) is 6.08. The van der Waals surface area contributed by atoms with E-state index in [0.717, 1.165) is 42.1 Å². The number of rotatable bonds is 7. The van der Waals surface area contributed by atoms with Gasteiger partial charge in [0.15, 0.2) is 0 Å². The van der Waals surface area contributed by atoms with Crippen LogP contribution in [-0.4, -0.2) is 26.6 Å². The third kappa shape index (κ3) is 4.75. The Kier molecular flexibility index (Phi) is 6.24. The van der Waals surface area contributed by atoms with E-state index in [1.165, 1.54) is 0 Å². The lowest BCUT2D eigenvalue weighted by Gasteiger charge is -2.16. The predicted molar refractivity (Wildman–Crippen MR) is 100 cm³/mol. The SMILES string of the molecule is CCCCOc1ccc(NC(=O)c2ccc(N(C)C)c(C)c2)cc1. The molecule has 0 saturated carbocycles. The molecule has 1 amide bonds. The van der Waals surface area contributed by atoms with Crippen molar-refractivity contribution in [2.24, 2.45) is 0 Å². The number of hydrogen-bond acceptors (Lipinski definition) is 3. The molecule has 2 aromatic rings. The van der Waals surface area contributed by atoms with Gasteiger partial charge in [-0.3, -0.25) is 4.79 Å². The van der Waals surface area contributed by atoms with Gasteiger partial charge in [-0.25, -0.2) is 0 Å². The second kappa shape index (κ2) is 8.39. The number of benzene rings is 2. The average Bonchev–Trinajstić information content (AvgIpc) is 2.56. The number of aryl methyl sites for hydroxylation is 1. The van der Waals surface area contributed by atoms with Gasteiger partial charge in [0.25, 0.3) is 5.91 Å². The maximum absolute atomic E-state index is 12.4. The number of nitrogens with one attached hydrogen (secondary N) is 1. The van der Waals surface area contributed by atoms with Crippen LogP contribution in [0.15, 0.2) is 42.5 Å². The summed E-state index contributed by atoms with van der Waals surface area (Å²) in [6.07, 6.45) is 2.15. The van der Waals surface area contributed by atoms with Gasteiger partial charge in [0.05, 0.1) is 6.61 Å². The van der Waals surface area contributed by atoms with Gasteiger partial charge in [0.2, 0.25) is 0 Å². The number of anilines is 2. The molecule has 0 fully saturated rings. The van der Waals surface area contributed by atoms with Crippen LogP contribution in [0.4, 0.5) is 11.4 Å². The molecule has 0 spiro atoms. The van der Waals surface area contributed by atoms with Gasteiger partial charge >= 0.3 is 0 Å². The predicted octanol–water partition coefficient (Wildman–Crippen LogP) is 4.49. The summed E-state index contributed by atoms with van der Waals surface area (Å²) in [7, 11) is 3.98. The number of amides is 1. The molecule has 0 saturated heterocycles. The molecule has 0 radical (unpaired) electrons. The van der Waals surface area contributed by atoms with Crippen LogP contribution >= 0.6 is 0 Å². The molecular weight excluding hydrogens is 300 g/mol. The Hall–Kier alpha value is -2.49. The molecule has 0 atom stereocenters. The first kappa shape index (κ1) is 17.9. The zero-order chi connectivity index (χ0) is 17.5. The van der Waals surface area contributed by atoms with Gasteiger partial charge in [-0.15, -0.1) is 0 Å². The van der Waals surface area contributed by atoms with Crippen LogP contribution in [-0.2, 0) is 0 Å². The summed E-state index contributed by atoms with van der Waals surface area (Å²) in [5, 5.41) is 2.92. The van der Waals surface area contributed by atoms with Crippen LogP contribution in [0.2, 0.25) is 0 Å². The Morgan fingerprint density at radius 1 is 1.12 bits per heavy atom. The topological polar surface area (TPSA) is 41.6 Å². The van der Waals surface area contributed by atoms with Crippen LogP contribution in [0.3, 0.4) is 0 Å². The van der Waals surface area contributed by atoms with Crippen molar-refractivity contribution >= 4 is 17.3 Å². The van der Waals surface area contributed by atoms with E-state index in [0.29, 0.717) is 5.56 Å². The molecule has 4 nitrogen and oxygen atoms in total. The van der Waals surface area contributed by atoms with E-state index in [1.807, 2.05) is 68.4 Å². The van der Waals surface area contributed by atoms with E-state index < -0.39 is 0 Å². The van der Waals surface area contributed by atoms with Gasteiger partial charge < -0.3 is 15.0 Å². The van der Waals surface area contributed by atoms with Crippen molar-refractivity contribution in [3.63, 3.8) is 0 Å². The summed E-state index contributed by atoms with van der Waals surface area (Å²) in [4.78, 5) is 14.4. The monoisotopic (exact) mass is 326 g/mol. The lowest BCUT2D eigenvalue weighted by molar-refractivity contribution is 0.102. The van der Waals surface area contributed by atoms with Crippen molar-refractivity contribution in [1.82, 2.24) is 0 Å². The molecule has 1 N–H and O–H groups in total. The highest BCUT2D eigenvalue weighted by Gasteiger charge is 2.09. The molecule has 0 heterocycles. The third-order valence-electron chi connectivity index (χ3n) is 3.82. The smallest absolute Gasteiger partial charge is 0.255 e. The second-order valence-electron chi connectivity index (χ2n) is 6.08. The average molecular weight is 326 g/mol. The molecule has 2 aromatic carbocycles. The lowest BCUT2D eigenvalue weighted by Crippen LogP contribution is -2.14. The van der Waals surface area contributed by atoms with Crippen LogP contribution in [0.1, 0.15) is 35.7 Å². The summed E-state index contributed by atoms with van der Waals surface area (Å²) in [6.45, 7) is 4.86. The van der Waals surface area contributed by atoms with E-state index in [1.54, 1.807) is 0 Å². The zero-order valence-electron chi connectivity index (χ0n) is 14.9. The van der Waals surface area contributed by atoms with Gasteiger partial charge in [-0.1, -0.05) is 13.3 Å². The molecule has 0 aromatic heterocycles. The molecule has 24 heavy (non-hydrogen) atoms. The molecule has 2 rings (SSSR count). The summed E-state index contributed by atoms with van der Waals surface area (Å²) in [5.74, 6) is 0.718. The first-order valence-electron chi connectivity index (χ1n) is 8.33. The van der Waals surface area contributed by atoms with Crippen molar-refractivity contribution in [2.75, 3.05) is 30.9 Å². The van der Waals surface area contributed by atoms with E-state index >= 15 is 0 Å². The molecule has 128 valence electrons.